The molecular weight excluding hydrogens is 242 g/mol. The van der Waals surface area contributed by atoms with Crippen LogP contribution in [0.3, 0.4) is 0 Å². The normalized spacial score (nSPS) is 24.9. The van der Waals surface area contributed by atoms with Crippen LogP contribution in [0.5, 0.6) is 0 Å². The smallest absolute Gasteiger partial charge is 0.0474 e. The first-order valence-corrected chi connectivity index (χ1v) is 7.83. The maximum Gasteiger partial charge on any atom is 0.0474 e. The van der Waals surface area contributed by atoms with Gasteiger partial charge in [-0.2, -0.15) is 0 Å². The van der Waals surface area contributed by atoms with Gasteiger partial charge in [-0.3, -0.25) is 0 Å². The van der Waals surface area contributed by atoms with Crippen LogP contribution in [-0.4, -0.2) is 12.6 Å². The van der Waals surface area contributed by atoms with Crippen molar-refractivity contribution in [1.82, 2.24) is 0 Å². The van der Waals surface area contributed by atoms with E-state index in [2.05, 4.69) is 29.2 Å². The number of hydrogen-bond acceptors (Lipinski definition) is 1. The molecule has 1 nitrogen and oxygen atoms in total. The molecular formula is C16H22ClN. The number of anilines is 1. The van der Waals surface area contributed by atoms with E-state index in [1.54, 1.807) is 0 Å². The minimum absolute atomic E-state index is 0.617. The van der Waals surface area contributed by atoms with Gasteiger partial charge in [-0.1, -0.05) is 25.0 Å². The van der Waals surface area contributed by atoms with Crippen LogP contribution in [-0.2, 0) is 5.88 Å². The molecule has 98 valence electrons. The molecule has 0 amide bonds. The van der Waals surface area contributed by atoms with Gasteiger partial charge in [0.05, 0.1) is 0 Å². The summed E-state index contributed by atoms with van der Waals surface area (Å²) in [7, 11) is 0. The summed E-state index contributed by atoms with van der Waals surface area (Å²) < 4.78 is 0. The summed E-state index contributed by atoms with van der Waals surface area (Å²) in [5.74, 6) is 1.56. The molecule has 0 radical (unpaired) electrons. The summed E-state index contributed by atoms with van der Waals surface area (Å²) >= 11 is 5.86. The molecule has 1 saturated carbocycles. The summed E-state index contributed by atoms with van der Waals surface area (Å²) in [5.41, 5.74) is 2.62. The first kappa shape index (κ1) is 12.3. The predicted octanol–water partition coefficient (Wildman–Crippen LogP) is 4.58. The molecule has 2 fully saturated rings. The molecule has 3 rings (SSSR count). The Balaban J connectivity index is 1.76. The molecule has 0 spiro atoms. The zero-order valence-corrected chi connectivity index (χ0v) is 11.7. The Labute approximate surface area is 115 Å². The van der Waals surface area contributed by atoms with E-state index < -0.39 is 0 Å². The van der Waals surface area contributed by atoms with Crippen LogP contribution in [0.4, 0.5) is 5.69 Å². The maximum atomic E-state index is 5.86. The van der Waals surface area contributed by atoms with Crippen LogP contribution in [0.1, 0.15) is 44.1 Å². The minimum atomic E-state index is 0.617. The number of rotatable bonds is 3. The summed E-state index contributed by atoms with van der Waals surface area (Å²) in [6, 6.07) is 9.66. The first-order chi connectivity index (χ1) is 8.88. The summed E-state index contributed by atoms with van der Waals surface area (Å²) in [5, 5.41) is 0. The number of nitrogens with zero attached hydrogens (tertiary/aromatic N) is 1. The third-order valence-electron chi connectivity index (χ3n) is 4.67. The molecule has 0 N–H and O–H groups in total. The SMILES string of the molecule is ClCc1ccc(N2CCCC2C2CCCC2)cc1. The van der Waals surface area contributed by atoms with Gasteiger partial charge >= 0.3 is 0 Å². The number of alkyl halides is 1. The van der Waals surface area contributed by atoms with Crippen molar-refractivity contribution in [3.05, 3.63) is 29.8 Å². The number of benzene rings is 1. The molecule has 18 heavy (non-hydrogen) atoms. The second-order valence-electron chi connectivity index (χ2n) is 5.75. The van der Waals surface area contributed by atoms with Crippen molar-refractivity contribution in [2.24, 2.45) is 5.92 Å². The largest absolute Gasteiger partial charge is 0.368 e. The third-order valence-corrected chi connectivity index (χ3v) is 4.97. The molecule has 1 aliphatic carbocycles. The van der Waals surface area contributed by atoms with Crippen molar-refractivity contribution >= 4 is 17.3 Å². The average molecular weight is 264 g/mol. The molecule has 1 aromatic carbocycles. The molecule has 0 aromatic heterocycles. The Hall–Kier alpha value is -0.690. The van der Waals surface area contributed by atoms with Crippen molar-refractivity contribution < 1.29 is 0 Å². The van der Waals surface area contributed by atoms with E-state index in [1.807, 2.05) is 0 Å². The first-order valence-electron chi connectivity index (χ1n) is 7.30. The molecule has 1 saturated heterocycles. The van der Waals surface area contributed by atoms with Crippen molar-refractivity contribution in [2.75, 3.05) is 11.4 Å². The monoisotopic (exact) mass is 263 g/mol. The van der Waals surface area contributed by atoms with E-state index in [0.717, 1.165) is 12.0 Å². The molecule has 1 heterocycles. The van der Waals surface area contributed by atoms with Crippen LogP contribution in [0.2, 0.25) is 0 Å². The lowest BCUT2D eigenvalue weighted by atomic mass is 9.95. The van der Waals surface area contributed by atoms with E-state index in [1.165, 1.54) is 56.3 Å². The zero-order valence-electron chi connectivity index (χ0n) is 10.9. The van der Waals surface area contributed by atoms with Crippen LogP contribution < -0.4 is 4.90 Å². The fourth-order valence-electron chi connectivity index (χ4n) is 3.72. The van der Waals surface area contributed by atoms with Gasteiger partial charge in [0.25, 0.3) is 0 Å². The predicted molar refractivity (Wildman–Crippen MR) is 78.3 cm³/mol. The van der Waals surface area contributed by atoms with Crippen LogP contribution in [0.25, 0.3) is 0 Å². The summed E-state index contributed by atoms with van der Waals surface area (Å²) in [6.07, 6.45) is 8.53. The minimum Gasteiger partial charge on any atom is -0.368 e. The quantitative estimate of drug-likeness (QED) is 0.722. The van der Waals surface area contributed by atoms with Crippen molar-refractivity contribution in [3.8, 4) is 0 Å². The van der Waals surface area contributed by atoms with Crippen molar-refractivity contribution in [3.63, 3.8) is 0 Å². The third kappa shape index (κ3) is 2.38. The zero-order chi connectivity index (χ0) is 12.4. The Morgan fingerprint density at radius 2 is 1.72 bits per heavy atom. The van der Waals surface area contributed by atoms with Crippen LogP contribution in [0, 0.1) is 5.92 Å². The van der Waals surface area contributed by atoms with Gasteiger partial charge in [-0.15, -0.1) is 11.6 Å². The van der Waals surface area contributed by atoms with E-state index in [-0.39, 0.29) is 0 Å². The van der Waals surface area contributed by atoms with Crippen molar-refractivity contribution in [2.45, 2.75) is 50.4 Å². The van der Waals surface area contributed by atoms with E-state index in [0.29, 0.717) is 5.88 Å². The average Bonchev–Trinajstić information content (AvgIpc) is 3.09. The Bertz CT molecular complexity index is 381. The Morgan fingerprint density at radius 1 is 1.00 bits per heavy atom. The number of halogens is 1. The fraction of sp³-hybridized carbons (Fsp3) is 0.625. The lowest BCUT2D eigenvalue weighted by molar-refractivity contribution is 0.431. The van der Waals surface area contributed by atoms with Gasteiger partial charge in [-0.25, -0.2) is 0 Å². The summed E-state index contributed by atoms with van der Waals surface area (Å²) in [4.78, 5) is 2.65. The van der Waals surface area contributed by atoms with Crippen LogP contribution >= 0.6 is 11.6 Å². The van der Waals surface area contributed by atoms with Crippen LogP contribution in [0.15, 0.2) is 24.3 Å². The molecule has 1 aromatic rings. The van der Waals surface area contributed by atoms with Crippen molar-refractivity contribution in [1.29, 1.82) is 0 Å². The second kappa shape index (κ2) is 5.52. The van der Waals surface area contributed by atoms with E-state index in [4.69, 9.17) is 11.6 Å². The molecule has 1 unspecified atom stereocenters. The van der Waals surface area contributed by atoms with Gasteiger partial charge in [0.1, 0.15) is 0 Å². The standard InChI is InChI=1S/C16H22ClN/c17-12-13-7-9-15(10-8-13)18-11-3-6-16(18)14-4-1-2-5-14/h7-10,14,16H,1-6,11-12H2. The lowest BCUT2D eigenvalue weighted by Crippen LogP contribution is -2.34. The fourth-order valence-corrected chi connectivity index (χ4v) is 3.90. The van der Waals surface area contributed by atoms with Gasteiger partial charge in [0.15, 0.2) is 0 Å². The Kier molecular flexibility index (Phi) is 3.79. The van der Waals surface area contributed by atoms with E-state index >= 15 is 0 Å². The number of hydrogen-bond donors (Lipinski definition) is 0. The lowest BCUT2D eigenvalue weighted by Gasteiger charge is -2.31. The molecule has 2 heteroatoms. The van der Waals surface area contributed by atoms with Gasteiger partial charge in [-0.05, 0) is 49.3 Å². The highest BCUT2D eigenvalue weighted by Gasteiger charge is 2.33. The molecule has 1 atom stereocenters. The highest BCUT2D eigenvalue weighted by molar-refractivity contribution is 6.17. The van der Waals surface area contributed by atoms with Gasteiger partial charge in [0.2, 0.25) is 0 Å². The highest BCUT2D eigenvalue weighted by Crippen LogP contribution is 2.37. The van der Waals surface area contributed by atoms with Gasteiger partial charge < -0.3 is 4.90 Å². The Morgan fingerprint density at radius 3 is 2.39 bits per heavy atom. The molecule has 1 aliphatic heterocycles. The summed E-state index contributed by atoms with van der Waals surface area (Å²) in [6.45, 7) is 1.24. The topological polar surface area (TPSA) is 3.24 Å². The van der Waals surface area contributed by atoms with Gasteiger partial charge in [0, 0.05) is 24.2 Å². The second-order valence-corrected chi connectivity index (χ2v) is 6.01. The molecule has 2 aliphatic rings. The molecule has 0 bridgehead atoms. The van der Waals surface area contributed by atoms with E-state index in [9.17, 15) is 0 Å². The highest BCUT2D eigenvalue weighted by atomic mass is 35.5. The maximum absolute atomic E-state index is 5.86.